The van der Waals surface area contributed by atoms with Gasteiger partial charge in [0.15, 0.2) is 0 Å². The molecule has 1 atom stereocenters. The van der Waals surface area contributed by atoms with E-state index in [-0.39, 0.29) is 0 Å². The molecule has 0 spiro atoms. The Kier molecular flexibility index (Phi) is 1.66. The number of ketones is 1. The maximum Gasteiger partial charge on any atom is 0.136 e. The summed E-state index contributed by atoms with van der Waals surface area (Å²) in [5.74, 6) is 0.951. The molecule has 1 nitrogen and oxygen atoms in total. The molecule has 0 saturated heterocycles. The van der Waals surface area contributed by atoms with E-state index in [0.717, 1.165) is 25.7 Å². The lowest BCUT2D eigenvalue weighted by Gasteiger charge is -2.22. The van der Waals surface area contributed by atoms with Crippen LogP contribution in [0.1, 0.15) is 32.6 Å². The molecule has 46 valence electrons. The first-order valence-corrected chi connectivity index (χ1v) is 3.37. The van der Waals surface area contributed by atoms with Crippen LogP contribution in [-0.2, 0) is 4.79 Å². The van der Waals surface area contributed by atoms with Crippen molar-refractivity contribution in [2.45, 2.75) is 32.6 Å². The third-order valence-corrected chi connectivity index (χ3v) is 1.83. The van der Waals surface area contributed by atoms with Gasteiger partial charge >= 0.3 is 0 Å². The zero-order valence-corrected chi connectivity index (χ0v) is 5.31. The van der Waals surface area contributed by atoms with Gasteiger partial charge in [0.2, 0.25) is 0 Å². The van der Waals surface area contributed by atoms with Gasteiger partial charge in [0.25, 0.3) is 0 Å². The molecule has 0 aliphatic heterocycles. The van der Waals surface area contributed by atoms with Crippen LogP contribution in [0, 0.1) is 5.92 Å². The number of carbonyl (C=O) groups is 1. The minimum atomic E-state index is 0.458. The summed E-state index contributed by atoms with van der Waals surface area (Å²) in [6.45, 7) is 2.13. The van der Waals surface area contributed by atoms with Gasteiger partial charge in [-0.3, -0.25) is 4.79 Å². The summed E-state index contributed by atoms with van der Waals surface area (Å²) in [6.07, 6.45) is 4.30. The summed E-state index contributed by atoms with van der Waals surface area (Å²) in [7, 11) is 0. The van der Waals surface area contributed by atoms with Gasteiger partial charge in [-0.05, 0) is 12.8 Å². The Bertz CT molecular complexity index is 96.6. The van der Waals surface area contributed by atoms with Gasteiger partial charge < -0.3 is 0 Å². The second-order valence-corrected chi connectivity index (χ2v) is 2.49. The van der Waals surface area contributed by atoms with Gasteiger partial charge in [-0.2, -0.15) is 0 Å². The summed E-state index contributed by atoms with van der Waals surface area (Å²) in [5, 5.41) is 0. The van der Waals surface area contributed by atoms with Crippen LogP contribution in [0.25, 0.3) is 0 Å². The molecule has 1 aliphatic carbocycles. The number of hydrogen-bond donors (Lipinski definition) is 0. The molecule has 1 aliphatic rings. The smallest absolute Gasteiger partial charge is 0.136 e. The average molecular weight is 112 g/mol. The molecule has 0 aromatic carbocycles. The van der Waals surface area contributed by atoms with E-state index in [1.54, 1.807) is 0 Å². The van der Waals surface area contributed by atoms with Gasteiger partial charge in [-0.15, -0.1) is 0 Å². The van der Waals surface area contributed by atoms with E-state index in [1.807, 2.05) is 0 Å². The summed E-state index contributed by atoms with van der Waals surface area (Å²) in [5.41, 5.74) is 0. The summed E-state index contributed by atoms with van der Waals surface area (Å²) in [4.78, 5) is 10.6. The monoisotopic (exact) mass is 112 g/mol. The van der Waals surface area contributed by atoms with Gasteiger partial charge in [0.1, 0.15) is 5.78 Å². The fourth-order valence-corrected chi connectivity index (χ4v) is 1.12. The highest BCUT2D eigenvalue weighted by atomic mass is 16.1. The Morgan fingerprint density at radius 2 is 2.50 bits per heavy atom. The van der Waals surface area contributed by atoms with Crippen molar-refractivity contribution in [3.8, 4) is 0 Å². The van der Waals surface area contributed by atoms with Crippen LogP contribution < -0.4 is 0 Å². The van der Waals surface area contributed by atoms with Gasteiger partial charge in [-0.25, -0.2) is 0 Å². The molecular weight excluding hydrogens is 100 g/mol. The number of rotatable bonds is 2. The van der Waals surface area contributed by atoms with E-state index in [0.29, 0.717) is 11.7 Å². The van der Waals surface area contributed by atoms with Crippen molar-refractivity contribution in [2.75, 3.05) is 0 Å². The molecule has 0 aromatic heterocycles. The van der Waals surface area contributed by atoms with Crippen LogP contribution in [0.2, 0.25) is 0 Å². The first-order valence-electron chi connectivity index (χ1n) is 3.37. The minimum Gasteiger partial charge on any atom is -0.299 e. The molecule has 0 bridgehead atoms. The van der Waals surface area contributed by atoms with Crippen LogP contribution in [0.5, 0.6) is 0 Å². The maximum atomic E-state index is 10.6. The molecule has 0 heterocycles. The largest absolute Gasteiger partial charge is 0.299 e. The SMILES string of the molecule is CCCC1CCC1=O. The lowest BCUT2D eigenvalue weighted by Crippen LogP contribution is -2.24. The lowest BCUT2D eigenvalue weighted by molar-refractivity contribution is -0.129. The molecular formula is C7H12O. The van der Waals surface area contributed by atoms with Crippen molar-refractivity contribution < 1.29 is 4.79 Å². The fraction of sp³-hybridized carbons (Fsp3) is 0.857. The predicted octanol–water partition coefficient (Wildman–Crippen LogP) is 1.77. The third kappa shape index (κ3) is 0.908. The number of carbonyl (C=O) groups excluding carboxylic acids is 1. The molecule has 1 heteroatoms. The Morgan fingerprint density at radius 1 is 1.75 bits per heavy atom. The number of hydrogen-bond acceptors (Lipinski definition) is 1. The summed E-state index contributed by atoms with van der Waals surface area (Å²) in [6, 6.07) is 0. The molecule has 0 amide bonds. The van der Waals surface area contributed by atoms with Crippen molar-refractivity contribution in [1.82, 2.24) is 0 Å². The highest BCUT2D eigenvalue weighted by Gasteiger charge is 2.26. The second-order valence-electron chi connectivity index (χ2n) is 2.49. The first-order chi connectivity index (χ1) is 3.84. The van der Waals surface area contributed by atoms with Crippen LogP contribution in [0.4, 0.5) is 0 Å². The highest BCUT2D eigenvalue weighted by Crippen LogP contribution is 2.26. The van der Waals surface area contributed by atoms with E-state index >= 15 is 0 Å². The van der Waals surface area contributed by atoms with E-state index in [4.69, 9.17) is 0 Å². The predicted molar refractivity (Wildman–Crippen MR) is 32.6 cm³/mol. The van der Waals surface area contributed by atoms with Crippen molar-refractivity contribution in [1.29, 1.82) is 0 Å². The molecule has 1 rings (SSSR count). The summed E-state index contributed by atoms with van der Waals surface area (Å²) < 4.78 is 0. The van der Waals surface area contributed by atoms with Crippen molar-refractivity contribution >= 4 is 5.78 Å². The summed E-state index contributed by atoms with van der Waals surface area (Å²) >= 11 is 0. The molecule has 0 aromatic rings. The van der Waals surface area contributed by atoms with E-state index in [2.05, 4.69) is 6.92 Å². The van der Waals surface area contributed by atoms with E-state index in [1.165, 1.54) is 0 Å². The first kappa shape index (κ1) is 5.80. The molecule has 1 saturated carbocycles. The Balaban J connectivity index is 2.17. The van der Waals surface area contributed by atoms with Gasteiger partial charge in [0, 0.05) is 12.3 Å². The lowest BCUT2D eigenvalue weighted by atomic mass is 9.81. The van der Waals surface area contributed by atoms with Crippen molar-refractivity contribution in [3.63, 3.8) is 0 Å². The molecule has 8 heavy (non-hydrogen) atoms. The quantitative estimate of drug-likeness (QED) is 0.532. The standard InChI is InChI=1S/C7H12O/c1-2-3-6-4-5-7(6)8/h6H,2-5H2,1H3. The average Bonchev–Trinajstić information content (AvgIpc) is 1.79. The molecule has 1 unspecified atom stereocenters. The van der Waals surface area contributed by atoms with Gasteiger partial charge in [-0.1, -0.05) is 13.3 Å². The molecule has 0 N–H and O–H groups in total. The topological polar surface area (TPSA) is 17.1 Å². The van der Waals surface area contributed by atoms with Crippen molar-refractivity contribution in [2.24, 2.45) is 5.92 Å². The van der Waals surface area contributed by atoms with Crippen LogP contribution in [0.3, 0.4) is 0 Å². The highest BCUT2D eigenvalue weighted by molar-refractivity contribution is 5.86. The van der Waals surface area contributed by atoms with Crippen LogP contribution in [0.15, 0.2) is 0 Å². The normalized spacial score (nSPS) is 27.6. The van der Waals surface area contributed by atoms with Crippen LogP contribution in [-0.4, -0.2) is 5.78 Å². The zero-order chi connectivity index (χ0) is 5.98. The fourth-order valence-electron chi connectivity index (χ4n) is 1.12. The minimum absolute atomic E-state index is 0.458. The second kappa shape index (κ2) is 2.29. The Hall–Kier alpha value is -0.330. The van der Waals surface area contributed by atoms with E-state index in [9.17, 15) is 4.79 Å². The Morgan fingerprint density at radius 3 is 2.62 bits per heavy atom. The number of Topliss-reactive ketones (excluding diaryl/α,β-unsaturated/α-hetero) is 1. The third-order valence-electron chi connectivity index (χ3n) is 1.83. The molecule has 1 fully saturated rings. The zero-order valence-electron chi connectivity index (χ0n) is 5.31. The van der Waals surface area contributed by atoms with Crippen molar-refractivity contribution in [3.05, 3.63) is 0 Å². The van der Waals surface area contributed by atoms with E-state index < -0.39 is 0 Å². The molecule has 0 radical (unpaired) electrons. The maximum absolute atomic E-state index is 10.6. The Labute approximate surface area is 50.1 Å². The van der Waals surface area contributed by atoms with Crippen LogP contribution >= 0.6 is 0 Å². The van der Waals surface area contributed by atoms with Gasteiger partial charge in [0.05, 0.1) is 0 Å².